The highest BCUT2D eigenvalue weighted by Gasteiger charge is 2.20. The van der Waals surface area contributed by atoms with Gasteiger partial charge in [0.15, 0.2) is 11.5 Å². The van der Waals surface area contributed by atoms with Gasteiger partial charge in [-0.3, -0.25) is 19.7 Å². The highest BCUT2D eigenvalue weighted by molar-refractivity contribution is 5.95. The highest BCUT2D eigenvalue weighted by Crippen LogP contribution is 2.34. The Morgan fingerprint density at radius 3 is 2.30 bits per heavy atom. The summed E-state index contributed by atoms with van der Waals surface area (Å²) in [6.45, 7) is -0.717. The van der Waals surface area contributed by atoms with Crippen molar-refractivity contribution in [3.8, 4) is 11.5 Å². The van der Waals surface area contributed by atoms with Crippen LogP contribution in [-0.4, -0.2) is 37.6 Å². The number of carbonyl (C=O) groups excluding carboxylic acids is 2. The van der Waals surface area contributed by atoms with E-state index in [1.807, 2.05) is 0 Å². The third kappa shape index (κ3) is 5.18. The van der Waals surface area contributed by atoms with E-state index in [2.05, 4.69) is 5.32 Å². The van der Waals surface area contributed by atoms with E-state index in [9.17, 15) is 19.7 Å². The smallest absolute Gasteiger partial charge is 0.325 e. The Morgan fingerprint density at radius 2 is 1.70 bits per heavy atom. The maximum Gasteiger partial charge on any atom is 0.325 e. The van der Waals surface area contributed by atoms with Gasteiger partial charge in [0.25, 0.3) is 11.6 Å². The van der Waals surface area contributed by atoms with E-state index in [0.717, 1.165) is 0 Å². The summed E-state index contributed by atoms with van der Waals surface area (Å²) in [7, 11) is 2.75. The van der Waals surface area contributed by atoms with Crippen LogP contribution in [0, 0.1) is 10.1 Å². The van der Waals surface area contributed by atoms with Gasteiger partial charge in [-0.2, -0.15) is 0 Å². The average molecular weight is 374 g/mol. The second kappa shape index (κ2) is 9.18. The molecule has 0 unspecified atom stereocenters. The molecule has 142 valence electrons. The molecule has 0 fully saturated rings. The molecular formula is C18H18N2O7. The zero-order valence-corrected chi connectivity index (χ0v) is 14.8. The molecule has 0 radical (unpaired) electrons. The van der Waals surface area contributed by atoms with E-state index >= 15 is 0 Å². The molecular weight excluding hydrogens is 356 g/mol. The van der Waals surface area contributed by atoms with Crippen molar-refractivity contribution in [3.63, 3.8) is 0 Å². The fraction of sp³-hybridized carbons (Fsp3) is 0.222. The molecule has 0 aliphatic rings. The topological polar surface area (TPSA) is 117 Å². The van der Waals surface area contributed by atoms with Gasteiger partial charge in [-0.1, -0.05) is 18.2 Å². The molecule has 2 aromatic carbocycles. The molecule has 2 aromatic rings. The van der Waals surface area contributed by atoms with Crippen LogP contribution in [0.25, 0.3) is 0 Å². The second-order valence-electron chi connectivity index (χ2n) is 5.30. The normalized spacial score (nSPS) is 10.0. The van der Waals surface area contributed by atoms with Crippen LogP contribution in [0.1, 0.15) is 15.9 Å². The second-order valence-corrected chi connectivity index (χ2v) is 5.30. The van der Waals surface area contributed by atoms with E-state index in [1.54, 1.807) is 30.3 Å². The number of hydrogen-bond donors (Lipinski definition) is 1. The lowest BCUT2D eigenvalue weighted by atomic mass is 10.1. The standard InChI is InChI=1S/C18H18N2O7/c1-25-15-8-13(14(20(23)24)9-16(15)26-2)11-27-17(21)10-19-18(22)12-6-4-3-5-7-12/h3-9H,10-11H2,1-2H3,(H,19,22). The maximum atomic E-state index is 11.9. The molecule has 0 bridgehead atoms. The Hall–Kier alpha value is -3.62. The number of methoxy groups -OCH3 is 2. The van der Waals surface area contributed by atoms with Crippen molar-refractivity contribution in [3.05, 3.63) is 63.7 Å². The first-order chi connectivity index (χ1) is 13.0. The number of rotatable bonds is 8. The Labute approximate surface area is 155 Å². The lowest BCUT2D eigenvalue weighted by Crippen LogP contribution is -2.30. The molecule has 0 atom stereocenters. The summed E-state index contributed by atoms with van der Waals surface area (Å²) in [5, 5.41) is 13.6. The van der Waals surface area contributed by atoms with Crippen LogP contribution in [0.2, 0.25) is 0 Å². The third-order valence-electron chi connectivity index (χ3n) is 3.60. The predicted molar refractivity (Wildman–Crippen MR) is 94.8 cm³/mol. The molecule has 0 aliphatic carbocycles. The monoisotopic (exact) mass is 374 g/mol. The summed E-state index contributed by atoms with van der Waals surface area (Å²) in [5.41, 5.74) is 0.273. The Balaban J connectivity index is 2.00. The lowest BCUT2D eigenvalue weighted by Gasteiger charge is -2.11. The Bertz CT molecular complexity index is 837. The number of nitro benzene ring substituents is 1. The molecule has 0 aromatic heterocycles. The first kappa shape index (κ1) is 19.7. The zero-order valence-electron chi connectivity index (χ0n) is 14.8. The van der Waals surface area contributed by atoms with Crippen molar-refractivity contribution >= 4 is 17.6 Å². The van der Waals surface area contributed by atoms with Gasteiger partial charge >= 0.3 is 5.97 Å². The largest absolute Gasteiger partial charge is 0.493 e. The molecule has 2 rings (SSSR count). The predicted octanol–water partition coefficient (Wildman–Crippen LogP) is 2.09. The number of carbonyl (C=O) groups is 2. The van der Waals surface area contributed by atoms with Gasteiger partial charge in [0.05, 0.1) is 30.8 Å². The molecule has 9 heteroatoms. The molecule has 0 saturated carbocycles. The van der Waals surface area contributed by atoms with Gasteiger partial charge in [0.1, 0.15) is 13.2 Å². The molecule has 27 heavy (non-hydrogen) atoms. The first-order valence-corrected chi connectivity index (χ1v) is 7.84. The van der Waals surface area contributed by atoms with Crippen molar-refractivity contribution in [1.29, 1.82) is 0 Å². The van der Waals surface area contributed by atoms with Crippen LogP contribution in [-0.2, 0) is 16.1 Å². The van der Waals surface area contributed by atoms with Crippen molar-refractivity contribution in [2.75, 3.05) is 20.8 Å². The molecule has 1 amide bonds. The highest BCUT2D eigenvalue weighted by atomic mass is 16.6. The minimum atomic E-state index is -0.733. The number of benzene rings is 2. The van der Waals surface area contributed by atoms with Gasteiger partial charge < -0.3 is 19.5 Å². The minimum Gasteiger partial charge on any atom is -0.493 e. The summed E-state index contributed by atoms with van der Waals surface area (Å²) >= 11 is 0. The van der Waals surface area contributed by atoms with Crippen molar-refractivity contribution in [2.45, 2.75) is 6.61 Å². The van der Waals surface area contributed by atoms with Crippen LogP contribution in [0.5, 0.6) is 11.5 Å². The van der Waals surface area contributed by atoms with Gasteiger partial charge in [-0.05, 0) is 18.2 Å². The summed E-state index contributed by atoms with van der Waals surface area (Å²) in [6, 6.07) is 10.9. The average Bonchev–Trinajstić information content (AvgIpc) is 2.70. The van der Waals surface area contributed by atoms with E-state index < -0.39 is 16.8 Å². The van der Waals surface area contributed by atoms with Crippen molar-refractivity contribution in [2.24, 2.45) is 0 Å². The third-order valence-corrected chi connectivity index (χ3v) is 3.60. The van der Waals surface area contributed by atoms with Crippen LogP contribution in [0.3, 0.4) is 0 Å². The molecule has 9 nitrogen and oxygen atoms in total. The fourth-order valence-electron chi connectivity index (χ4n) is 2.25. The summed E-state index contributed by atoms with van der Waals surface area (Å²) in [4.78, 5) is 34.3. The lowest BCUT2D eigenvalue weighted by molar-refractivity contribution is -0.385. The van der Waals surface area contributed by atoms with E-state index in [4.69, 9.17) is 14.2 Å². The first-order valence-electron chi connectivity index (χ1n) is 7.84. The van der Waals surface area contributed by atoms with Crippen LogP contribution in [0.15, 0.2) is 42.5 Å². The molecule has 0 aliphatic heterocycles. The van der Waals surface area contributed by atoms with Crippen LogP contribution in [0.4, 0.5) is 5.69 Å². The number of ether oxygens (including phenoxy) is 3. The van der Waals surface area contributed by atoms with Gasteiger partial charge in [-0.15, -0.1) is 0 Å². The number of nitrogens with zero attached hydrogens (tertiary/aromatic N) is 1. The summed E-state index contributed by atoms with van der Waals surface area (Å²) in [6.07, 6.45) is 0. The van der Waals surface area contributed by atoms with Crippen LogP contribution < -0.4 is 14.8 Å². The van der Waals surface area contributed by atoms with Gasteiger partial charge in [-0.25, -0.2) is 0 Å². The number of amides is 1. The van der Waals surface area contributed by atoms with Gasteiger partial charge in [0.2, 0.25) is 0 Å². The molecule has 0 saturated heterocycles. The van der Waals surface area contributed by atoms with E-state index in [1.165, 1.54) is 26.4 Å². The zero-order chi connectivity index (χ0) is 19.8. The summed E-state index contributed by atoms with van der Waals surface area (Å²) in [5.74, 6) is -0.700. The Kier molecular flexibility index (Phi) is 6.70. The number of nitrogens with one attached hydrogen (secondary N) is 1. The molecule has 0 spiro atoms. The summed E-state index contributed by atoms with van der Waals surface area (Å²) < 4.78 is 15.2. The molecule has 0 heterocycles. The SMILES string of the molecule is COc1cc(COC(=O)CNC(=O)c2ccccc2)c([N+](=O)[O-])cc1OC. The van der Waals surface area contributed by atoms with Gasteiger partial charge in [0, 0.05) is 5.56 Å². The van der Waals surface area contributed by atoms with Crippen LogP contribution >= 0.6 is 0 Å². The molecule has 1 N–H and O–H groups in total. The maximum absolute atomic E-state index is 11.9. The minimum absolute atomic E-state index is 0.139. The van der Waals surface area contributed by atoms with Crippen molar-refractivity contribution in [1.82, 2.24) is 5.32 Å². The van der Waals surface area contributed by atoms with E-state index in [-0.39, 0.29) is 35.9 Å². The number of nitro groups is 1. The Morgan fingerprint density at radius 1 is 1.07 bits per heavy atom. The number of hydrogen-bond acceptors (Lipinski definition) is 7. The van der Waals surface area contributed by atoms with Crippen molar-refractivity contribution < 1.29 is 28.7 Å². The van der Waals surface area contributed by atoms with E-state index in [0.29, 0.717) is 5.56 Å². The number of esters is 1. The quantitative estimate of drug-likeness (QED) is 0.427. The fourth-order valence-corrected chi connectivity index (χ4v) is 2.25.